The molecule has 0 aromatic heterocycles. The molecule has 1 N–H and O–H groups in total. The van der Waals surface area contributed by atoms with Crippen LogP contribution in [0.3, 0.4) is 0 Å². The van der Waals surface area contributed by atoms with E-state index in [1.54, 1.807) is 0 Å². The van der Waals surface area contributed by atoms with Gasteiger partial charge >= 0.3 is 6.09 Å². The molecule has 0 unspecified atom stereocenters. The first kappa shape index (κ1) is 13.7. The van der Waals surface area contributed by atoms with Crippen LogP contribution in [-0.2, 0) is 0 Å². The number of allylic oxidation sites excluding steroid dienone is 8. The summed E-state index contributed by atoms with van der Waals surface area (Å²) in [6, 6.07) is 0. The first-order chi connectivity index (χ1) is 8.89. The van der Waals surface area contributed by atoms with Gasteiger partial charge in [0, 0.05) is 13.1 Å². The third-order valence-electron chi connectivity index (χ3n) is 3.50. The second-order valence-corrected chi connectivity index (χ2v) is 6.01. The van der Waals surface area contributed by atoms with Crippen molar-refractivity contribution in [2.75, 3.05) is 13.1 Å². The van der Waals surface area contributed by atoms with Crippen molar-refractivity contribution in [2.24, 2.45) is 5.41 Å². The lowest BCUT2D eigenvalue weighted by Crippen LogP contribution is -2.40. The Bertz CT molecular complexity index is 497. The Hall–Kier alpha value is -1.77. The maximum absolute atomic E-state index is 9.91. The number of nitrogens with zero attached hydrogens (tertiary/aromatic N) is 1. The Labute approximate surface area is 114 Å². The molecule has 1 amide bonds. The normalized spacial score (nSPS) is 19.7. The Morgan fingerprint density at radius 1 is 1.21 bits per heavy atom. The van der Waals surface area contributed by atoms with E-state index in [1.807, 2.05) is 0 Å². The highest BCUT2D eigenvalue weighted by Gasteiger charge is 2.25. The van der Waals surface area contributed by atoms with Crippen molar-refractivity contribution in [2.45, 2.75) is 27.2 Å². The minimum absolute atomic E-state index is 0.274. The zero-order valence-electron chi connectivity index (χ0n) is 11.8. The molecule has 0 atom stereocenters. The van der Waals surface area contributed by atoms with Gasteiger partial charge in [-0.1, -0.05) is 51.2 Å². The highest BCUT2D eigenvalue weighted by atomic mass is 16.4. The summed E-state index contributed by atoms with van der Waals surface area (Å²) in [5, 5.41) is 8.16. The first-order valence-electron chi connectivity index (χ1n) is 6.69. The molecule has 0 radical (unpaired) electrons. The van der Waals surface area contributed by atoms with Gasteiger partial charge in [-0.2, -0.15) is 0 Å². The molecular formula is C16H21NO2. The number of fused-ring (bicyclic) bond motifs is 1. The molecule has 3 aliphatic rings. The van der Waals surface area contributed by atoms with Crippen molar-refractivity contribution < 1.29 is 9.90 Å². The van der Waals surface area contributed by atoms with Gasteiger partial charge < -0.3 is 10.0 Å². The van der Waals surface area contributed by atoms with Crippen LogP contribution in [0.5, 0.6) is 0 Å². The summed E-state index contributed by atoms with van der Waals surface area (Å²) in [4.78, 5) is 11.3. The van der Waals surface area contributed by atoms with Crippen LogP contribution in [0.1, 0.15) is 27.2 Å². The van der Waals surface area contributed by atoms with E-state index in [9.17, 15) is 4.79 Å². The van der Waals surface area contributed by atoms with E-state index in [0.717, 1.165) is 19.5 Å². The molecule has 2 aliphatic carbocycles. The van der Waals surface area contributed by atoms with E-state index in [4.69, 9.17) is 5.11 Å². The van der Waals surface area contributed by atoms with Crippen molar-refractivity contribution in [3.8, 4) is 0 Å². The highest BCUT2D eigenvalue weighted by molar-refractivity contribution is 5.66. The maximum atomic E-state index is 9.91. The van der Waals surface area contributed by atoms with Crippen LogP contribution in [0.2, 0.25) is 0 Å². The SMILES string of the molecule is CC(C)(C)C1=CC=C2C=CC=C21.O=C(O)N1CCC1. The van der Waals surface area contributed by atoms with Crippen molar-refractivity contribution in [1.29, 1.82) is 0 Å². The monoisotopic (exact) mass is 259 g/mol. The van der Waals surface area contributed by atoms with Gasteiger partial charge in [0.05, 0.1) is 0 Å². The van der Waals surface area contributed by atoms with Crippen LogP contribution in [0, 0.1) is 5.41 Å². The van der Waals surface area contributed by atoms with Crippen LogP contribution < -0.4 is 0 Å². The quantitative estimate of drug-likeness (QED) is 0.719. The van der Waals surface area contributed by atoms with E-state index >= 15 is 0 Å². The molecule has 1 aliphatic heterocycles. The van der Waals surface area contributed by atoms with Gasteiger partial charge in [0.15, 0.2) is 0 Å². The first-order valence-corrected chi connectivity index (χ1v) is 6.69. The Kier molecular flexibility index (Phi) is 3.65. The van der Waals surface area contributed by atoms with Crippen molar-refractivity contribution in [3.05, 3.63) is 47.1 Å². The van der Waals surface area contributed by atoms with Crippen molar-refractivity contribution in [1.82, 2.24) is 4.90 Å². The summed E-state index contributed by atoms with van der Waals surface area (Å²) in [5.74, 6) is 0. The van der Waals surface area contributed by atoms with Gasteiger partial charge in [0.1, 0.15) is 0 Å². The standard InChI is InChI=1S/C12H14.C4H7NO2/c1-12(2,3)11-8-7-9-5-4-6-10(9)11;6-4(7)5-2-1-3-5/h4-8H,1-3H3;1-3H2,(H,6,7). The third kappa shape index (κ3) is 2.98. The third-order valence-corrected chi connectivity index (χ3v) is 3.50. The van der Waals surface area contributed by atoms with Crippen LogP contribution in [0.4, 0.5) is 4.79 Å². The molecule has 19 heavy (non-hydrogen) atoms. The maximum Gasteiger partial charge on any atom is 0.407 e. The number of carbonyl (C=O) groups is 1. The molecule has 0 saturated carbocycles. The number of hydrogen-bond donors (Lipinski definition) is 1. The molecule has 0 aromatic rings. The molecular weight excluding hydrogens is 238 g/mol. The lowest BCUT2D eigenvalue weighted by atomic mass is 9.83. The summed E-state index contributed by atoms with van der Waals surface area (Å²) in [6.07, 6.45) is 11.2. The molecule has 3 rings (SSSR count). The number of carboxylic acid groups (broad SMARTS) is 1. The smallest absolute Gasteiger partial charge is 0.407 e. The van der Waals surface area contributed by atoms with Crippen molar-refractivity contribution >= 4 is 6.09 Å². The predicted molar refractivity (Wildman–Crippen MR) is 77.1 cm³/mol. The minimum atomic E-state index is -0.786. The van der Waals surface area contributed by atoms with E-state index in [1.165, 1.54) is 21.6 Å². The summed E-state index contributed by atoms with van der Waals surface area (Å²) < 4.78 is 0. The number of rotatable bonds is 0. The molecule has 0 spiro atoms. The van der Waals surface area contributed by atoms with Crippen LogP contribution in [0.15, 0.2) is 47.1 Å². The molecule has 1 saturated heterocycles. The molecule has 1 heterocycles. The highest BCUT2D eigenvalue weighted by Crippen LogP contribution is 2.40. The zero-order valence-corrected chi connectivity index (χ0v) is 11.8. The second kappa shape index (κ2) is 5.08. The number of amides is 1. The predicted octanol–water partition coefficient (Wildman–Crippen LogP) is 3.77. The van der Waals surface area contributed by atoms with E-state index in [0.29, 0.717) is 0 Å². The van der Waals surface area contributed by atoms with Crippen molar-refractivity contribution in [3.63, 3.8) is 0 Å². The van der Waals surface area contributed by atoms with Gasteiger partial charge in [-0.15, -0.1) is 0 Å². The summed E-state index contributed by atoms with van der Waals surface area (Å²) >= 11 is 0. The lowest BCUT2D eigenvalue weighted by Gasteiger charge is -2.27. The molecule has 3 heteroatoms. The van der Waals surface area contributed by atoms with Crippen LogP contribution >= 0.6 is 0 Å². The lowest BCUT2D eigenvalue weighted by molar-refractivity contribution is 0.118. The van der Waals surface area contributed by atoms with Gasteiger partial charge in [-0.05, 0) is 28.6 Å². The average Bonchev–Trinajstić information content (AvgIpc) is 2.70. The molecule has 102 valence electrons. The molecule has 3 nitrogen and oxygen atoms in total. The summed E-state index contributed by atoms with van der Waals surface area (Å²) in [7, 11) is 0. The fourth-order valence-electron chi connectivity index (χ4n) is 2.25. The van der Waals surface area contributed by atoms with Gasteiger partial charge in [-0.25, -0.2) is 4.79 Å². The largest absolute Gasteiger partial charge is 0.465 e. The Morgan fingerprint density at radius 3 is 2.32 bits per heavy atom. The average molecular weight is 259 g/mol. The van der Waals surface area contributed by atoms with Gasteiger partial charge in [0.2, 0.25) is 0 Å². The molecule has 0 bridgehead atoms. The Balaban J connectivity index is 0.000000163. The minimum Gasteiger partial charge on any atom is -0.465 e. The molecule has 0 aromatic carbocycles. The summed E-state index contributed by atoms with van der Waals surface area (Å²) in [6.45, 7) is 8.24. The Morgan fingerprint density at radius 2 is 1.89 bits per heavy atom. The topological polar surface area (TPSA) is 40.5 Å². The zero-order chi connectivity index (χ0) is 14.0. The van der Waals surface area contributed by atoms with E-state index in [-0.39, 0.29) is 5.41 Å². The van der Waals surface area contributed by atoms with Gasteiger partial charge in [-0.3, -0.25) is 0 Å². The fraction of sp³-hybridized carbons (Fsp3) is 0.438. The van der Waals surface area contributed by atoms with Crippen LogP contribution in [0.25, 0.3) is 0 Å². The van der Waals surface area contributed by atoms with Gasteiger partial charge in [0.25, 0.3) is 0 Å². The van der Waals surface area contributed by atoms with Crippen LogP contribution in [-0.4, -0.2) is 29.2 Å². The summed E-state index contributed by atoms with van der Waals surface area (Å²) in [5.41, 5.74) is 4.53. The fourth-order valence-corrected chi connectivity index (χ4v) is 2.25. The van der Waals surface area contributed by atoms with E-state index < -0.39 is 6.09 Å². The molecule has 1 fully saturated rings. The number of likely N-dealkylation sites (tertiary alicyclic amines) is 1. The number of hydrogen-bond acceptors (Lipinski definition) is 1. The second-order valence-electron chi connectivity index (χ2n) is 6.01. The van der Waals surface area contributed by atoms with E-state index in [2.05, 4.69) is 51.2 Å².